The van der Waals surface area contributed by atoms with Crippen LogP contribution in [0.5, 0.6) is 0 Å². The van der Waals surface area contributed by atoms with Crippen molar-refractivity contribution in [3.05, 3.63) is 11.2 Å². The molecule has 2 heterocycles. The Hall–Kier alpha value is -1.03. The summed E-state index contributed by atoms with van der Waals surface area (Å²) in [5.74, 6) is 3.22. The summed E-state index contributed by atoms with van der Waals surface area (Å²) in [6.45, 7) is 2.20. The Kier molecular flexibility index (Phi) is 2.82. The van der Waals surface area contributed by atoms with Gasteiger partial charge in [0, 0.05) is 20.1 Å². The first kappa shape index (κ1) is 11.1. The molecule has 0 bridgehead atoms. The maximum absolute atomic E-state index is 6.20. The van der Waals surface area contributed by atoms with Crippen LogP contribution in [-0.4, -0.2) is 30.1 Å². The van der Waals surface area contributed by atoms with Gasteiger partial charge in [0.1, 0.15) is 5.02 Å². The van der Waals surface area contributed by atoms with Gasteiger partial charge < -0.3 is 10.2 Å². The molecule has 2 aliphatic rings. The highest BCUT2D eigenvalue weighted by Gasteiger charge is 2.37. The Morgan fingerprint density at radius 1 is 1.35 bits per heavy atom. The summed E-state index contributed by atoms with van der Waals surface area (Å²) in [5, 5.41) is 3.62. The predicted molar refractivity (Wildman–Crippen MR) is 69.6 cm³/mol. The topological polar surface area (TPSA) is 41.1 Å². The zero-order valence-electron chi connectivity index (χ0n) is 9.99. The largest absolute Gasteiger partial charge is 0.357 e. The van der Waals surface area contributed by atoms with E-state index in [1.54, 1.807) is 6.20 Å². The molecule has 1 aromatic rings. The van der Waals surface area contributed by atoms with E-state index in [4.69, 9.17) is 11.6 Å². The number of nitrogens with one attached hydrogen (secondary N) is 1. The molecular formula is C12H17ClN4. The fourth-order valence-corrected chi connectivity index (χ4v) is 3.32. The Labute approximate surface area is 106 Å². The second-order valence-corrected chi connectivity index (χ2v) is 5.38. The van der Waals surface area contributed by atoms with Gasteiger partial charge in [0.25, 0.3) is 0 Å². The zero-order valence-corrected chi connectivity index (χ0v) is 10.7. The van der Waals surface area contributed by atoms with E-state index in [0.717, 1.165) is 30.7 Å². The van der Waals surface area contributed by atoms with Crippen LogP contribution in [0.1, 0.15) is 19.3 Å². The van der Waals surface area contributed by atoms with E-state index in [-0.39, 0.29) is 0 Å². The van der Waals surface area contributed by atoms with Crippen LogP contribution in [0.15, 0.2) is 6.20 Å². The number of hydrogen-bond acceptors (Lipinski definition) is 4. The van der Waals surface area contributed by atoms with Gasteiger partial charge in [-0.3, -0.25) is 0 Å². The van der Waals surface area contributed by atoms with Crippen LogP contribution < -0.4 is 10.2 Å². The summed E-state index contributed by atoms with van der Waals surface area (Å²) < 4.78 is 0. The number of nitrogens with zero attached hydrogens (tertiary/aromatic N) is 3. The highest BCUT2D eigenvalue weighted by molar-refractivity contribution is 6.32. The maximum atomic E-state index is 6.20. The van der Waals surface area contributed by atoms with Crippen molar-refractivity contribution >= 4 is 23.4 Å². The summed E-state index contributed by atoms with van der Waals surface area (Å²) in [7, 11) is 1.83. The molecule has 0 amide bonds. The highest BCUT2D eigenvalue weighted by Crippen LogP contribution is 2.40. The summed E-state index contributed by atoms with van der Waals surface area (Å²) in [5.41, 5.74) is 0. The van der Waals surface area contributed by atoms with Gasteiger partial charge in [-0.1, -0.05) is 18.0 Å². The zero-order chi connectivity index (χ0) is 11.8. The van der Waals surface area contributed by atoms with E-state index in [9.17, 15) is 0 Å². The van der Waals surface area contributed by atoms with Crippen molar-refractivity contribution in [3.8, 4) is 0 Å². The molecule has 1 saturated carbocycles. The van der Waals surface area contributed by atoms with Crippen molar-refractivity contribution in [3.63, 3.8) is 0 Å². The summed E-state index contributed by atoms with van der Waals surface area (Å²) >= 11 is 6.20. The molecule has 2 unspecified atom stereocenters. The van der Waals surface area contributed by atoms with E-state index >= 15 is 0 Å². The molecule has 4 nitrogen and oxygen atoms in total. The first-order valence-electron chi connectivity index (χ1n) is 6.23. The summed E-state index contributed by atoms with van der Waals surface area (Å²) in [6, 6.07) is 0. The number of anilines is 2. The third-order valence-corrected chi connectivity index (χ3v) is 4.24. The van der Waals surface area contributed by atoms with Gasteiger partial charge in [-0.2, -0.15) is 4.98 Å². The normalized spacial score (nSPS) is 27.3. The summed E-state index contributed by atoms with van der Waals surface area (Å²) in [6.07, 6.45) is 5.80. The van der Waals surface area contributed by atoms with Crippen molar-refractivity contribution in [2.24, 2.45) is 11.8 Å². The number of fused-ring (bicyclic) bond motifs is 1. The van der Waals surface area contributed by atoms with Crippen molar-refractivity contribution in [2.75, 3.05) is 30.4 Å². The Balaban J connectivity index is 1.84. The predicted octanol–water partition coefficient (Wildman–Crippen LogP) is 2.41. The fourth-order valence-electron chi connectivity index (χ4n) is 3.11. The minimum absolute atomic E-state index is 0.640. The van der Waals surface area contributed by atoms with Crippen LogP contribution in [-0.2, 0) is 0 Å². The summed E-state index contributed by atoms with van der Waals surface area (Å²) in [4.78, 5) is 10.9. The second kappa shape index (κ2) is 4.33. The van der Waals surface area contributed by atoms with Crippen molar-refractivity contribution in [1.82, 2.24) is 9.97 Å². The first-order valence-corrected chi connectivity index (χ1v) is 6.61. The lowest BCUT2D eigenvalue weighted by molar-refractivity contribution is 0.494. The average molecular weight is 253 g/mol. The second-order valence-electron chi connectivity index (χ2n) is 4.97. The van der Waals surface area contributed by atoms with Crippen molar-refractivity contribution < 1.29 is 0 Å². The van der Waals surface area contributed by atoms with Gasteiger partial charge in [-0.25, -0.2) is 4.98 Å². The molecule has 0 aromatic carbocycles. The molecule has 1 aliphatic heterocycles. The molecule has 1 saturated heterocycles. The van der Waals surface area contributed by atoms with Gasteiger partial charge in [0.2, 0.25) is 5.95 Å². The van der Waals surface area contributed by atoms with Crippen LogP contribution in [0.3, 0.4) is 0 Å². The van der Waals surface area contributed by atoms with Gasteiger partial charge >= 0.3 is 0 Å². The SMILES string of the molecule is CNc1ncc(Cl)c(N2CC3CCCC3C2)n1. The van der Waals surface area contributed by atoms with Gasteiger partial charge in [-0.15, -0.1) is 0 Å². The monoisotopic (exact) mass is 252 g/mol. The third-order valence-electron chi connectivity index (χ3n) is 3.98. The number of hydrogen-bond donors (Lipinski definition) is 1. The minimum Gasteiger partial charge on any atom is -0.357 e. The molecule has 17 heavy (non-hydrogen) atoms. The van der Waals surface area contributed by atoms with E-state index in [2.05, 4.69) is 20.2 Å². The van der Waals surface area contributed by atoms with Crippen LogP contribution >= 0.6 is 11.6 Å². The Morgan fingerprint density at radius 2 is 2.06 bits per heavy atom. The van der Waals surface area contributed by atoms with E-state index in [1.165, 1.54) is 19.3 Å². The lowest BCUT2D eigenvalue weighted by atomic mass is 10.0. The molecule has 1 aliphatic carbocycles. The number of aromatic nitrogens is 2. The molecule has 0 radical (unpaired) electrons. The molecule has 5 heteroatoms. The fraction of sp³-hybridized carbons (Fsp3) is 0.667. The minimum atomic E-state index is 0.640. The Bertz CT molecular complexity index is 411. The lowest BCUT2D eigenvalue weighted by Crippen LogP contribution is -2.22. The molecular weight excluding hydrogens is 236 g/mol. The lowest BCUT2D eigenvalue weighted by Gasteiger charge is -2.19. The third kappa shape index (κ3) is 1.95. The maximum Gasteiger partial charge on any atom is 0.224 e. The molecule has 92 valence electrons. The van der Waals surface area contributed by atoms with Gasteiger partial charge in [-0.05, 0) is 24.7 Å². The molecule has 2 fully saturated rings. The molecule has 3 rings (SSSR count). The molecule has 1 N–H and O–H groups in total. The van der Waals surface area contributed by atoms with E-state index in [0.29, 0.717) is 11.0 Å². The average Bonchev–Trinajstić information content (AvgIpc) is 2.90. The number of halogens is 1. The molecule has 0 spiro atoms. The smallest absolute Gasteiger partial charge is 0.224 e. The van der Waals surface area contributed by atoms with Crippen molar-refractivity contribution in [1.29, 1.82) is 0 Å². The van der Waals surface area contributed by atoms with Crippen molar-refractivity contribution in [2.45, 2.75) is 19.3 Å². The first-order chi connectivity index (χ1) is 8.28. The van der Waals surface area contributed by atoms with E-state index in [1.807, 2.05) is 7.05 Å². The molecule has 2 atom stereocenters. The van der Waals surface area contributed by atoms with Crippen LogP contribution in [0.4, 0.5) is 11.8 Å². The Morgan fingerprint density at radius 3 is 2.71 bits per heavy atom. The van der Waals surface area contributed by atoms with Crippen LogP contribution in [0.2, 0.25) is 5.02 Å². The van der Waals surface area contributed by atoms with Gasteiger partial charge in [0.15, 0.2) is 5.82 Å². The molecule has 1 aromatic heterocycles. The number of rotatable bonds is 2. The standard InChI is InChI=1S/C12H17ClN4/c1-14-12-15-5-10(13)11(16-12)17-6-8-3-2-4-9(8)7-17/h5,8-9H,2-4,6-7H2,1H3,(H,14,15,16). The van der Waals surface area contributed by atoms with Crippen LogP contribution in [0.25, 0.3) is 0 Å². The van der Waals surface area contributed by atoms with Crippen LogP contribution in [0, 0.1) is 11.8 Å². The quantitative estimate of drug-likeness (QED) is 0.878. The highest BCUT2D eigenvalue weighted by atomic mass is 35.5. The van der Waals surface area contributed by atoms with Gasteiger partial charge in [0.05, 0.1) is 6.20 Å². The van der Waals surface area contributed by atoms with E-state index < -0.39 is 0 Å².